The van der Waals surface area contributed by atoms with Gasteiger partial charge < -0.3 is 90.9 Å². The van der Waals surface area contributed by atoms with Gasteiger partial charge in [0.25, 0.3) is 0 Å². The van der Waals surface area contributed by atoms with Crippen LogP contribution in [0.5, 0.6) is 0 Å². The van der Waals surface area contributed by atoms with Gasteiger partial charge >= 0.3 is 0 Å². The molecule has 0 aromatic heterocycles. The first kappa shape index (κ1) is 97.4. The van der Waals surface area contributed by atoms with Crippen LogP contribution < -0.4 is 24.5 Å². The van der Waals surface area contributed by atoms with Crippen molar-refractivity contribution in [3.8, 4) is 0 Å². The molecule has 0 amide bonds. The van der Waals surface area contributed by atoms with E-state index >= 15 is 0 Å². The third-order valence-corrected chi connectivity index (χ3v) is 23.8. The quantitative estimate of drug-likeness (QED) is 0.0160. The van der Waals surface area contributed by atoms with Crippen molar-refractivity contribution < 1.29 is 66.4 Å². The normalized spacial score (nSPS) is 14.6. The van der Waals surface area contributed by atoms with Crippen LogP contribution in [0.2, 0.25) is 15.1 Å². The van der Waals surface area contributed by atoms with Crippen molar-refractivity contribution >= 4 is 63.2 Å². The maximum absolute atomic E-state index is 10.4. The minimum Gasteiger partial charge on any atom is -0.396 e. The molecule has 122 heavy (non-hydrogen) atoms. The van der Waals surface area contributed by atoms with Crippen molar-refractivity contribution in [3.63, 3.8) is 0 Å². The average molecular weight is 1730 g/mol. The van der Waals surface area contributed by atoms with Gasteiger partial charge in [0.05, 0.1) is 71.7 Å². The summed E-state index contributed by atoms with van der Waals surface area (Å²) in [5.74, 6) is 0.734. The maximum Gasteiger partial charge on any atom is 0.0756 e. The van der Waals surface area contributed by atoms with Gasteiger partial charge in [-0.1, -0.05) is 208 Å². The Bertz CT molecular complexity index is 4540. The highest BCUT2D eigenvalue weighted by molar-refractivity contribution is 6.31. The molecular formula is C101H128Cl3N5O13. The monoisotopic (exact) mass is 1720 g/mol. The zero-order valence-electron chi connectivity index (χ0n) is 71.2. The fourth-order valence-electron chi connectivity index (χ4n) is 17.1. The van der Waals surface area contributed by atoms with Crippen LogP contribution in [0.3, 0.4) is 0 Å². The van der Waals surface area contributed by atoms with Crippen LogP contribution in [0.4, 0.5) is 28.4 Å². The third-order valence-electron chi connectivity index (χ3n) is 23.0. The van der Waals surface area contributed by atoms with Crippen LogP contribution in [-0.2, 0) is 19.3 Å². The number of fused-ring (bicyclic) bond motifs is 2. The second kappa shape index (κ2) is 50.5. The van der Waals surface area contributed by atoms with Crippen molar-refractivity contribution in [2.45, 2.75) is 121 Å². The zero-order valence-corrected chi connectivity index (χ0v) is 73.4. The highest BCUT2D eigenvalue weighted by Gasteiger charge is 2.30. The van der Waals surface area contributed by atoms with Crippen LogP contribution in [0.25, 0.3) is 0 Å². The van der Waals surface area contributed by atoms with Gasteiger partial charge in [0.1, 0.15) is 0 Å². The molecule has 0 radical (unpaired) electrons. The Labute approximate surface area is 737 Å². The minimum atomic E-state index is -0.471. The van der Waals surface area contributed by atoms with Crippen LogP contribution >= 0.6 is 34.8 Å². The van der Waals surface area contributed by atoms with Gasteiger partial charge in [-0.15, -0.1) is 0 Å². The van der Waals surface area contributed by atoms with E-state index in [0.29, 0.717) is 107 Å². The van der Waals surface area contributed by atoms with Gasteiger partial charge in [-0.3, -0.25) is 0 Å². The zero-order chi connectivity index (χ0) is 87.5. The smallest absolute Gasteiger partial charge is 0.0756 e. The van der Waals surface area contributed by atoms with Gasteiger partial charge in [0.15, 0.2) is 0 Å². The second-order valence-electron chi connectivity index (χ2n) is 32.5. The van der Waals surface area contributed by atoms with E-state index in [2.05, 4.69) is 185 Å². The molecule has 21 heteroatoms. The summed E-state index contributed by atoms with van der Waals surface area (Å²) in [6, 6.07) is 78.9. The molecular weight excluding hydrogens is 1600 g/mol. The summed E-state index contributed by atoms with van der Waals surface area (Å²) in [4.78, 5) is 9.93. The average Bonchev–Trinajstić information content (AvgIpc) is 0.789. The topological polar surface area (TPSA) is 279 Å². The lowest BCUT2D eigenvalue weighted by molar-refractivity contribution is 0.158. The van der Waals surface area contributed by atoms with E-state index in [1.54, 1.807) is 0 Å². The van der Waals surface area contributed by atoms with Gasteiger partial charge in [-0.25, -0.2) is 0 Å². The summed E-state index contributed by atoms with van der Waals surface area (Å²) < 4.78 is 0. The molecule has 13 N–H and O–H groups in total. The SMILES string of the molecule is CC(C)(C)C(c1ccc(Cl)cc1)c1ccc(N(CCO)CCO)cc1.CCCC(c1ccc(C(CCO)CCO)cc1)c1ccc(N(CCO)CCO)cc1.OCCN(CCO)c1ccc(C(c2ccc(Cl)cc2)c2ccc3c(c2)CC(O)CC3)cc1.OCCN(CCO)c1ccc(C(c2ccc(Cl)cc2)c2ccc3c(c2)CC(O)CN3CCO)cc1. The number of benzene rings is 10. The molecule has 10 aromatic carbocycles. The van der Waals surface area contributed by atoms with Crippen molar-refractivity contribution in [2.75, 3.05) is 163 Å². The summed E-state index contributed by atoms with van der Waals surface area (Å²) in [5.41, 5.74) is 21.7. The van der Waals surface area contributed by atoms with Crippen molar-refractivity contribution in [3.05, 3.63) is 323 Å². The maximum atomic E-state index is 10.4. The number of aliphatic hydroxyl groups excluding tert-OH is 13. The van der Waals surface area contributed by atoms with Crippen molar-refractivity contribution in [1.29, 1.82) is 0 Å². The molecule has 0 bridgehead atoms. The molecule has 1 aliphatic carbocycles. The molecule has 0 fully saturated rings. The molecule has 0 saturated carbocycles. The second-order valence-corrected chi connectivity index (χ2v) is 33.8. The first-order chi connectivity index (χ1) is 59.2. The Morgan fingerprint density at radius 3 is 1.00 bits per heavy atom. The van der Waals surface area contributed by atoms with Crippen LogP contribution in [0, 0.1) is 5.41 Å². The number of halogens is 3. The number of nitrogens with zero attached hydrogens (tertiary/aromatic N) is 5. The Hall–Kier alpha value is -8.45. The van der Waals surface area contributed by atoms with E-state index in [1.807, 2.05) is 97.3 Å². The summed E-state index contributed by atoms with van der Waals surface area (Å²) in [6.45, 7) is 14.5. The molecule has 0 spiro atoms. The number of aliphatic hydroxyl groups is 13. The third kappa shape index (κ3) is 28.0. The molecule has 0 saturated heterocycles. The Kier molecular flexibility index (Phi) is 40.3. The number of anilines is 5. The molecule has 1 heterocycles. The van der Waals surface area contributed by atoms with E-state index in [-0.39, 0.29) is 108 Å². The first-order valence-corrected chi connectivity index (χ1v) is 44.1. The fourth-order valence-corrected chi connectivity index (χ4v) is 17.5. The van der Waals surface area contributed by atoms with E-state index < -0.39 is 6.10 Å². The Balaban J connectivity index is 0.000000186. The van der Waals surface area contributed by atoms with Crippen molar-refractivity contribution in [1.82, 2.24) is 0 Å². The van der Waals surface area contributed by atoms with Crippen LogP contribution in [-0.4, -0.2) is 217 Å². The standard InChI is InChI=1S/C28H33ClN2O4.C27H30ClNO3.C25H37NO4.C21H28ClNO2/c29-24-6-1-20(2-7-24)28(21-3-8-25(9-4-21)30(11-14-32)12-15-33)22-5-10-27-23(17-22)18-26(35)19-31(27)13-16-34;28-24-8-3-20(4-9-24)27(22-2-1-19-7-12-26(32)18-23(19)17-22)21-5-10-25(11-6-21)29(13-15-30)14-16-31;1-2-3-25(22-6-4-20(5-7-22)21(12-16-27)13-17-28)23-8-10-24(11-9-23)26(14-18-29)15-19-30;1-21(2,3)20(16-4-8-18(22)9-5-16)17-6-10-19(11-7-17)23(12-14-24)13-15-25/h1-10,17,26,28,32-35H,11-16,18-19H2;1-6,8-11,17,26-27,30-32H,7,12-16,18H2;4-11,21,25,27-30H,2-3,12-19H2,1H3;4-11,20,24-25H,12-15H2,1-3H3. The minimum absolute atomic E-state index is 0.0173. The van der Waals surface area contributed by atoms with E-state index in [0.717, 1.165) is 98.1 Å². The summed E-state index contributed by atoms with van der Waals surface area (Å²) >= 11 is 18.4. The lowest BCUT2D eigenvalue weighted by Crippen LogP contribution is -2.40. The predicted octanol–water partition coefficient (Wildman–Crippen LogP) is 14.8. The molecule has 10 aromatic rings. The lowest BCUT2D eigenvalue weighted by Gasteiger charge is -2.34. The number of hydrogen-bond donors (Lipinski definition) is 13. The Morgan fingerprint density at radius 1 is 0.336 bits per heavy atom. The van der Waals surface area contributed by atoms with E-state index in [9.17, 15) is 66.4 Å². The fraction of sp³-hybridized carbons (Fsp3) is 0.406. The highest BCUT2D eigenvalue weighted by atomic mass is 35.5. The molecule has 1 aliphatic heterocycles. The Morgan fingerprint density at radius 2 is 0.648 bits per heavy atom. The molecule has 12 rings (SSSR count). The number of rotatable bonds is 39. The summed E-state index contributed by atoms with van der Waals surface area (Å²) in [5, 5.41) is 125. The van der Waals surface area contributed by atoms with Gasteiger partial charge in [0, 0.05) is 152 Å². The molecule has 2 aliphatic rings. The van der Waals surface area contributed by atoms with Gasteiger partial charge in [0.2, 0.25) is 0 Å². The number of aryl methyl sites for hydroxylation is 1. The predicted molar refractivity (Wildman–Crippen MR) is 498 cm³/mol. The first-order valence-electron chi connectivity index (χ1n) is 43.0. The van der Waals surface area contributed by atoms with Crippen LogP contribution in [0.1, 0.15) is 167 Å². The summed E-state index contributed by atoms with van der Waals surface area (Å²) in [6.07, 6.45) is 5.74. The summed E-state index contributed by atoms with van der Waals surface area (Å²) in [7, 11) is 0. The van der Waals surface area contributed by atoms with Gasteiger partial charge in [-0.2, -0.15) is 0 Å². The van der Waals surface area contributed by atoms with Crippen LogP contribution in [0.15, 0.2) is 231 Å². The lowest BCUT2D eigenvalue weighted by atomic mass is 9.72. The van der Waals surface area contributed by atoms with E-state index in [1.165, 1.54) is 38.9 Å². The molecule has 656 valence electrons. The van der Waals surface area contributed by atoms with Gasteiger partial charge in [-0.05, 0) is 219 Å². The number of β-amino-alcohol motifs (C(OH)–C–C–N with tert-alkyl or cyclic N) is 2. The molecule has 6 atom stereocenters. The largest absolute Gasteiger partial charge is 0.396 e. The van der Waals surface area contributed by atoms with Crippen molar-refractivity contribution in [2.24, 2.45) is 5.41 Å². The molecule has 6 unspecified atom stereocenters. The van der Waals surface area contributed by atoms with E-state index in [4.69, 9.17) is 34.8 Å². The highest BCUT2D eigenvalue weighted by Crippen LogP contribution is 2.44. The molecule has 18 nitrogen and oxygen atoms in total. The number of hydrogen-bond acceptors (Lipinski definition) is 18.